The largest absolute Gasteiger partial charge is 0.379 e. The van der Waals surface area contributed by atoms with Crippen molar-refractivity contribution in [2.75, 3.05) is 39.4 Å². The Kier molecular flexibility index (Phi) is 7.01. The first-order valence-corrected chi connectivity index (χ1v) is 6.74. The zero-order valence-corrected chi connectivity index (χ0v) is 11.0. The quantitative estimate of drug-likeness (QED) is 0.704. The Morgan fingerprint density at radius 2 is 2.06 bits per heavy atom. The third kappa shape index (κ3) is 5.28. The fraction of sp³-hybridized carbons (Fsp3) is 1.00. The van der Waals surface area contributed by atoms with Crippen LogP contribution >= 0.6 is 0 Å². The first-order chi connectivity index (χ1) is 7.74. The van der Waals surface area contributed by atoms with Crippen LogP contribution in [0.25, 0.3) is 0 Å². The van der Waals surface area contributed by atoms with Gasteiger partial charge in [-0.3, -0.25) is 0 Å². The molecule has 0 aromatic carbocycles. The molecule has 1 aliphatic rings. The van der Waals surface area contributed by atoms with E-state index in [4.69, 9.17) is 10.5 Å². The Balaban J connectivity index is 2.15. The lowest BCUT2D eigenvalue weighted by Gasteiger charge is -2.21. The molecule has 0 aliphatic carbocycles. The van der Waals surface area contributed by atoms with Gasteiger partial charge in [-0.15, -0.1) is 0 Å². The summed E-state index contributed by atoms with van der Waals surface area (Å²) in [5, 5.41) is 0. The average Bonchev–Trinajstić information content (AvgIpc) is 2.50. The number of ether oxygens (including phenoxy) is 1. The number of nitrogens with two attached hydrogens (primary N) is 1. The topological polar surface area (TPSA) is 38.5 Å². The molecule has 1 rings (SSSR count). The van der Waals surface area contributed by atoms with Crippen molar-refractivity contribution in [3.63, 3.8) is 0 Å². The molecule has 1 fully saturated rings. The molecular weight excluding hydrogens is 200 g/mol. The van der Waals surface area contributed by atoms with Gasteiger partial charge < -0.3 is 15.4 Å². The van der Waals surface area contributed by atoms with Crippen LogP contribution in [0.1, 0.15) is 33.1 Å². The van der Waals surface area contributed by atoms with Crippen LogP contribution in [0.15, 0.2) is 0 Å². The van der Waals surface area contributed by atoms with Crippen LogP contribution in [0, 0.1) is 11.8 Å². The normalized spacial score (nSPS) is 23.6. The van der Waals surface area contributed by atoms with E-state index in [0.717, 1.165) is 25.0 Å². The lowest BCUT2D eigenvalue weighted by molar-refractivity contribution is 0.109. The van der Waals surface area contributed by atoms with Gasteiger partial charge in [0, 0.05) is 13.1 Å². The van der Waals surface area contributed by atoms with Gasteiger partial charge in [0.05, 0.1) is 13.2 Å². The van der Waals surface area contributed by atoms with E-state index in [1.807, 2.05) is 0 Å². The van der Waals surface area contributed by atoms with Gasteiger partial charge >= 0.3 is 0 Å². The highest BCUT2D eigenvalue weighted by molar-refractivity contribution is 4.72. The lowest BCUT2D eigenvalue weighted by atomic mass is 9.89. The summed E-state index contributed by atoms with van der Waals surface area (Å²) in [6.45, 7) is 10.4. The molecule has 0 aromatic rings. The van der Waals surface area contributed by atoms with Gasteiger partial charge in [-0.25, -0.2) is 0 Å². The van der Waals surface area contributed by atoms with E-state index in [0.29, 0.717) is 13.2 Å². The minimum atomic E-state index is 0.634. The second-order valence-corrected chi connectivity index (χ2v) is 5.18. The zero-order valence-electron chi connectivity index (χ0n) is 11.0. The molecular formula is C13H28N2O. The van der Waals surface area contributed by atoms with E-state index >= 15 is 0 Å². The number of hydrogen-bond acceptors (Lipinski definition) is 3. The van der Waals surface area contributed by atoms with Gasteiger partial charge in [0.1, 0.15) is 0 Å². The molecule has 96 valence electrons. The first-order valence-electron chi connectivity index (χ1n) is 6.74. The molecule has 1 atom stereocenters. The van der Waals surface area contributed by atoms with E-state index in [-0.39, 0.29) is 0 Å². The Morgan fingerprint density at radius 3 is 2.75 bits per heavy atom. The maximum atomic E-state index is 5.43. The van der Waals surface area contributed by atoms with Gasteiger partial charge in [0.15, 0.2) is 0 Å². The molecule has 0 saturated carbocycles. The average molecular weight is 228 g/mol. The van der Waals surface area contributed by atoms with Crippen LogP contribution in [-0.2, 0) is 4.74 Å². The van der Waals surface area contributed by atoms with Gasteiger partial charge in [0.2, 0.25) is 0 Å². The summed E-state index contributed by atoms with van der Waals surface area (Å²) in [5.41, 5.74) is 5.39. The molecule has 3 nitrogen and oxygen atoms in total. The number of nitrogens with zero attached hydrogens (tertiary/aromatic N) is 1. The van der Waals surface area contributed by atoms with Crippen molar-refractivity contribution in [2.45, 2.75) is 33.1 Å². The molecule has 0 aromatic heterocycles. The lowest BCUT2D eigenvalue weighted by Crippen LogP contribution is -2.29. The van der Waals surface area contributed by atoms with E-state index in [9.17, 15) is 0 Å². The summed E-state index contributed by atoms with van der Waals surface area (Å²) < 4.78 is 5.43. The van der Waals surface area contributed by atoms with Crippen LogP contribution < -0.4 is 5.73 Å². The fourth-order valence-corrected chi connectivity index (χ4v) is 2.45. The maximum absolute atomic E-state index is 5.43. The molecule has 1 heterocycles. The Bertz CT molecular complexity index is 173. The number of rotatable bonds is 6. The van der Waals surface area contributed by atoms with Crippen molar-refractivity contribution in [3.05, 3.63) is 0 Å². The summed E-state index contributed by atoms with van der Waals surface area (Å²) in [6.07, 6.45) is 4.10. The van der Waals surface area contributed by atoms with Gasteiger partial charge in [-0.05, 0) is 44.2 Å². The van der Waals surface area contributed by atoms with Crippen LogP contribution in [0.5, 0.6) is 0 Å². The molecule has 0 bridgehead atoms. The summed E-state index contributed by atoms with van der Waals surface area (Å²) in [4.78, 5) is 2.54. The third-order valence-corrected chi connectivity index (χ3v) is 3.62. The van der Waals surface area contributed by atoms with Crippen molar-refractivity contribution >= 4 is 0 Å². The molecule has 0 radical (unpaired) electrons. The van der Waals surface area contributed by atoms with Gasteiger partial charge in [0.25, 0.3) is 0 Å². The molecule has 1 unspecified atom stereocenters. The molecule has 0 spiro atoms. The second kappa shape index (κ2) is 8.04. The van der Waals surface area contributed by atoms with E-state index in [1.54, 1.807) is 0 Å². The summed E-state index contributed by atoms with van der Waals surface area (Å²) >= 11 is 0. The monoisotopic (exact) mass is 228 g/mol. The number of hydrogen-bond donors (Lipinski definition) is 1. The van der Waals surface area contributed by atoms with Gasteiger partial charge in [-0.1, -0.05) is 13.8 Å². The minimum absolute atomic E-state index is 0.634. The highest BCUT2D eigenvalue weighted by Crippen LogP contribution is 2.24. The Morgan fingerprint density at radius 1 is 1.25 bits per heavy atom. The Labute approximate surface area is 100 Å². The van der Waals surface area contributed by atoms with Crippen molar-refractivity contribution in [1.82, 2.24) is 4.90 Å². The molecule has 16 heavy (non-hydrogen) atoms. The van der Waals surface area contributed by atoms with Gasteiger partial charge in [-0.2, -0.15) is 0 Å². The molecule has 1 saturated heterocycles. The van der Waals surface area contributed by atoms with Crippen LogP contribution in [0.3, 0.4) is 0 Å². The molecule has 3 heteroatoms. The van der Waals surface area contributed by atoms with E-state index in [2.05, 4.69) is 18.7 Å². The molecule has 1 aliphatic heterocycles. The first kappa shape index (κ1) is 13.9. The van der Waals surface area contributed by atoms with Crippen molar-refractivity contribution in [3.8, 4) is 0 Å². The minimum Gasteiger partial charge on any atom is -0.379 e. The summed E-state index contributed by atoms with van der Waals surface area (Å²) in [7, 11) is 0. The van der Waals surface area contributed by atoms with Crippen LogP contribution in [0.2, 0.25) is 0 Å². The summed E-state index contributed by atoms with van der Waals surface area (Å²) in [6, 6.07) is 0. The molecule has 0 amide bonds. The Hall–Kier alpha value is -0.120. The fourth-order valence-electron chi connectivity index (χ4n) is 2.45. The van der Waals surface area contributed by atoms with E-state index < -0.39 is 0 Å². The SMILES string of the molecule is CC(C)C1CCCN(CCOCCN)CC1. The highest BCUT2D eigenvalue weighted by atomic mass is 16.5. The van der Waals surface area contributed by atoms with Crippen molar-refractivity contribution in [2.24, 2.45) is 17.6 Å². The maximum Gasteiger partial charge on any atom is 0.0594 e. The van der Waals surface area contributed by atoms with Crippen molar-refractivity contribution in [1.29, 1.82) is 0 Å². The standard InChI is InChI=1S/C13H28N2O/c1-12(2)13-4-3-7-15(8-5-13)9-11-16-10-6-14/h12-13H,3-11,14H2,1-2H3. The second-order valence-electron chi connectivity index (χ2n) is 5.18. The van der Waals surface area contributed by atoms with Crippen LogP contribution in [-0.4, -0.2) is 44.3 Å². The highest BCUT2D eigenvalue weighted by Gasteiger charge is 2.18. The predicted molar refractivity (Wildman–Crippen MR) is 68.5 cm³/mol. The predicted octanol–water partition coefficient (Wildman–Crippen LogP) is 1.72. The summed E-state index contributed by atoms with van der Waals surface area (Å²) in [5.74, 6) is 1.77. The van der Waals surface area contributed by atoms with Crippen LogP contribution in [0.4, 0.5) is 0 Å². The van der Waals surface area contributed by atoms with E-state index in [1.165, 1.54) is 32.4 Å². The molecule has 2 N–H and O–H groups in total. The van der Waals surface area contributed by atoms with Crippen molar-refractivity contribution < 1.29 is 4.74 Å². The zero-order chi connectivity index (χ0) is 11.8. The number of likely N-dealkylation sites (tertiary alicyclic amines) is 1. The third-order valence-electron chi connectivity index (χ3n) is 3.62. The smallest absolute Gasteiger partial charge is 0.0594 e.